The summed E-state index contributed by atoms with van der Waals surface area (Å²) in [4.78, 5) is 1.73. The first kappa shape index (κ1) is 19.5. The van der Waals surface area contributed by atoms with Crippen molar-refractivity contribution in [2.24, 2.45) is 0 Å². The van der Waals surface area contributed by atoms with E-state index in [2.05, 4.69) is 53.5 Å². The van der Waals surface area contributed by atoms with Crippen molar-refractivity contribution in [3.05, 3.63) is 16.8 Å². The minimum absolute atomic E-state index is 0.0223. The number of fused-ring (bicyclic) bond motifs is 2. The molecule has 2 heterocycles. The van der Waals surface area contributed by atoms with Gasteiger partial charge in [-0.15, -0.1) is 17.3 Å². The Morgan fingerprint density at radius 2 is 1.86 bits per heavy atom. The molecule has 2 saturated heterocycles. The third-order valence-corrected chi connectivity index (χ3v) is 6.72. The van der Waals surface area contributed by atoms with Crippen LogP contribution >= 0.6 is 59.4 Å². The van der Waals surface area contributed by atoms with Crippen molar-refractivity contribution in [2.45, 2.75) is 71.7 Å². The highest BCUT2D eigenvalue weighted by atomic mass is 79.9. The third-order valence-electron chi connectivity index (χ3n) is 4.11. The molecule has 0 saturated carbocycles. The van der Waals surface area contributed by atoms with Crippen molar-refractivity contribution in [3.8, 4) is 0 Å². The van der Waals surface area contributed by atoms with E-state index in [1.54, 1.807) is 4.99 Å². The molecule has 0 aromatic rings. The molecular weight excluding hydrogens is 503 g/mol. The van der Waals surface area contributed by atoms with Gasteiger partial charge in [-0.2, -0.15) is 0 Å². The zero-order chi connectivity index (χ0) is 16.3. The van der Waals surface area contributed by atoms with Gasteiger partial charge in [0, 0.05) is 21.1 Å². The van der Waals surface area contributed by atoms with Crippen molar-refractivity contribution in [3.63, 3.8) is 0 Å². The Kier molecular flexibility index (Phi) is 7.96. The van der Waals surface area contributed by atoms with E-state index in [1.165, 1.54) is 0 Å². The molecule has 0 spiro atoms. The van der Waals surface area contributed by atoms with E-state index in [4.69, 9.17) is 21.1 Å². The van der Waals surface area contributed by atoms with Crippen molar-refractivity contribution in [1.82, 2.24) is 0 Å². The maximum atomic E-state index is 10.4. The lowest BCUT2D eigenvalue weighted by Gasteiger charge is -2.28. The first-order valence-electron chi connectivity index (χ1n) is 7.34. The summed E-state index contributed by atoms with van der Waals surface area (Å²) in [6.07, 6.45) is 2.96. The third kappa shape index (κ3) is 5.06. The lowest BCUT2D eigenvalue weighted by molar-refractivity contribution is -0.0639. The molecule has 0 radical (unpaired) electrons. The van der Waals surface area contributed by atoms with Gasteiger partial charge >= 0.3 is 0 Å². The second-order valence-electron chi connectivity index (χ2n) is 5.78. The number of ether oxygens (including phenoxy) is 2. The summed E-state index contributed by atoms with van der Waals surface area (Å²) >= 11 is 16.9. The van der Waals surface area contributed by atoms with Gasteiger partial charge in [0.2, 0.25) is 0 Å². The number of alkyl halides is 3. The first-order chi connectivity index (χ1) is 10.4. The van der Waals surface area contributed by atoms with E-state index in [-0.39, 0.29) is 39.4 Å². The zero-order valence-electron chi connectivity index (χ0n) is 12.2. The van der Waals surface area contributed by atoms with Gasteiger partial charge in [0.25, 0.3) is 0 Å². The molecular formula is C15H20Br3ClO3. The zero-order valence-corrected chi connectivity index (χ0v) is 17.7. The summed E-state index contributed by atoms with van der Waals surface area (Å²) in [5.74, 6) is 0. The van der Waals surface area contributed by atoms with Crippen LogP contribution in [0.4, 0.5) is 0 Å². The van der Waals surface area contributed by atoms with Crippen LogP contribution in [-0.4, -0.2) is 50.7 Å². The summed E-state index contributed by atoms with van der Waals surface area (Å²) in [5, 5.41) is 10.4. The smallest absolute Gasteiger partial charge is 0.0924 e. The Morgan fingerprint density at radius 1 is 1.14 bits per heavy atom. The fourth-order valence-electron chi connectivity index (χ4n) is 2.87. The molecule has 22 heavy (non-hydrogen) atoms. The Balaban J connectivity index is 2.22. The number of rotatable bonds is 1. The molecule has 7 heteroatoms. The van der Waals surface area contributed by atoms with Crippen LogP contribution in [0.25, 0.3) is 0 Å². The van der Waals surface area contributed by atoms with Crippen LogP contribution in [0.5, 0.6) is 0 Å². The first-order valence-corrected chi connectivity index (χ1v) is 10.5. The Hall–Kier alpha value is 1.13. The van der Waals surface area contributed by atoms with E-state index >= 15 is 0 Å². The summed E-state index contributed by atoms with van der Waals surface area (Å²) in [5.41, 5.74) is 2.99. The Morgan fingerprint density at radius 3 is 2.55 bits per heavy atom. The normalized spacial score (nSPS) is 46.5. The van der Waals surface area contributed by atoms with E-state index in [1.807, 2.05) is 13.0 Å². The van der Waals surface area contributed by atoms with Crippen molar-refractivity contribution in [2.75, 3.05) is 0 Å². The molecule has 0 aromatic heterocycles. The van der Waals surface area contributed by atoms with Gasteiger partial charge in [-0.1, -0.05) is 47.8 Å². The number of aliphatic hydroxyl groups is 1. The van der Waals surface area contributed by atoms with Crippen LogP contribution in [0.1, 0.15) is 26.2 Å². The van der Waals surface area contributed by atoms with Crippen molar-refractivity contribution >= 4 is 59.4 Å². The predicted molar refractivity (Wildman–Crippen MR) is 99.5 cm³/mol. The summed E-state index contributed by atoms with van der Waals surface area (Å²) in [6, 6.07) is 0. The molecule has 8 atom stereocenters. The maximum Gasteiger partial charge on any atom is 0.0924 e. The van der Waals surface area contributed by atoms with Gasteiger partial charge in [0.15, 0.2) is 0 Å². The highest BCUT2D eigenvalue weighted by Gasteiger charge is 2.41. The topological polar surface area (TPSA) is 38.7 Å². The average molecular weight is 523 g/mol. The minimum Gasteiger partial charge on any atom is -0.389 e. The molecule has 2 aliphatic rings. The van der Waals surface area contributed by atoms with Crippen molar-refractivity contribution < 1.29 is 14.6 Å². The summed E-state index contributed by atoms with van der Waals surface area (Å²) < 4.78 is 12.1. The van der Waals surface area contributed by atoms with E-state index in [9.17, 15) is 5.11 Å². The van der Waals surface area contributed by atoms with Crippen LogP contribution in [0.15, 0.2) is 16.8 Å². The number of aliphatic hydroxyl groups excluding tert-OH is 1. The molecule has 0 unspecified atom stereocenters. The molecule has 126 valence electrons. The van der Waals surface area contributed by atoms with E-state index < -0.39 is 6.10 Å². The molecule has 0 amide bonds. The SMILES string of the molecule is C[C@H]1O[C@H](C=C=CBr)C[C@@H]2O[C@H](C[C@@H]2Cl)[C@H](Br)C[C@H](Br)[C@H]1O. The van der Waals surface area contributed by atoms with Crippen LogP contribution in [0, 0.1) is 0 Å². The van der Waals surface area contributed by atoms with Gasteiger partial charge in [0.1, 0.15) is 0 Å². The largest absolute Gasteiger partial charge is 0.389 e. The number of hydrogen-bond donors (Lipinski definition) is 1. The highest BCUT2D eigenvalue weighted by molar-refractivity contribution is 9.11. The molecule has 2 fully saturated rings. The van der Waals surface area contributed by atoms with Crippen molar-refractivity contribution in [1.29, 1.82) is 0 Å². The van der Waals surface area contributed by atoms with Gasteiger partial charge in [-0.05, 0) is 25.8 Å². The standard InChI is InChI=1S/C15H20Br3ClO3/c1-8-15(20)11(18)6-10(17)13-7-12(19)14(22-13)5-9(21-8)3-2-4-16/h3-4,8-15,20H,5-7H2,1H3/t2?,8-,9-,10-,11+,12+,13-,14+,15+/m1/s1. The second-order valence-corrected chi connectivity index (χ2v) is 9.15. The fourth-order valence-corrected chi connectivity index (χ4v) is 5.44. The number of halogens is 4. The summed E-state index contributed by atoms with van der Waals surface area (Å²) in [6.45, 7) is 1.88. The number of hydrogen-bond acceptors (Lipinski definition) is 3. The molecule has 2 bridgehead atoms. The molecule has 1 N–H and O–H groups in total. The van der Waals surface area contributed by atoms with Crippen LogP contribution < -0.4 is 0 Å². The lowest BCUT2D eigenvalue weighted by atomic mass is 10.0. The van der Waals surface area contributed by atoms with Gasteiger partial charge < -0.3 is 14.6 Å². The Labute approximate surface area is 161 Å². The lowest BCUT2D eigenvalue weighted by Crippen LogP contribution is -2.38. The van der Waals surface area contributed by atoms with E-state index in [0.29, 0.717) is 6.42 Å². The van der Waals surface area contributed by atoms with Crippen LogP contribution in [0.2, 0.25) is 0 Å². The van der Waals surface area contributed by atoms with Gasteiger partial charge in [-0.25, -0.2) is 0 Å². The highest BCUT2D eigenvalue weighted by Crippen LogP contribution is 2.36. The van der Waals surface area contributed by atoms with Gasteiger partial charge in [0.05, 0.1) is 35.9 Å². The minimum atomic E-state index is -0.590. The predicted octanol–water partition coefficient (Wildman–Crippen LogP) is 4.27. The molecule has 3 nitrogen and oxygen atoms in total. The molecule has 2 aliphatic heterocycles. The Bertz CT molecular complexity index is 430. The average Bonchev–Trinajstić information content (AvgIpc) is 2.83. The molecule has 0 aliphatic carbocycles. The van der Waals surface area contributed by atoms with E-state index in [0.717, 1.165) is 12.8 Å². The maximum absolute atomic E-state index is 10.4. The summed E-state index contributed by atoms with van der Waals surface area (Å²) in [7, 11) is 0. The second kappa shape index (κ2) is 9.00. The van der Waals surface area contributed by atoms with Crippen LogP contribution in [0.3, 0.4) is 0 Å². The molecule has 0 aromatic carbocycles. The monoisotopic (exact) mass is 520 g/mol. The fraction of sp³-hybridized carbons (Fsp3) is 0.800. The van der Waals surface area contributed by atoms with Crippen LogP contribution in [-0.2, 0) is 9.47 Å². The molecule has 2 rings (SSSR count). The quantitative estimate of drug-likeness (QED) is 0.412. The van der Waals surface area contributed by atoms with Gasteiger partial charge in [-0.3, -0.25) is 0 Å².